The number of anilines is 1. The van der Waals surface area contributed by atoms with Crippen LogP contribution in [0.4, 0.5) is 5.69 Å². The zero-order chi connectivity index (χ0) is 11.4. The fourth-order valence-electron chi connectivity index (χ4n) is 1.81. The Balaban J connectivity index is 2.30. The molecule has 0 spiro atoms. The Bertz CT molecular complexity index is 462. The highest BCUT2D eigenvalue weighted by molar-refractivity contribution is 5.90. The van der Waals surface area contributed by atoms with E-state index in [0.29, 0.717) is 12.6 Å². The quantitative estimate of drug-likeness (QED) is 0.823. The van der Waals surface area contributed by atoms with E-state index in [-0.39, 0.29) is 0 Å². The molecule has 0 aliphatic carbocycles. The zero-order valence-corrected chi connectivity index (χ0v) is 9.48. The first-order valence-electron chi connectivity index (χ1n) is 5.61. The third-order valence-corrected chi connectivity index (χ3v) is 2.65. The van der Waals surface area contributed by atoms with Crippen LogP contribution in [0.15, 0.2) is 36.5 Å². The summed E-state index contributed by atoms with van der Waals surface area (Å²) in [7, 11) is 0. The number of nitrogens with one attached hydrogen (secondary N) is 1. The van der Waals surface area contributed by atoms with Crippen molar-refractivity contribution in [2.24, 2.45) is 5.73 Å². The van der Waals surface area contributed by atoms with Crippen LogP contribution in [0.3, 0.4) is 0 Å². The molecule has 0 amide bonds. The van der Waals surface area contributed by atoms with Gasteiger partial charge in [0.05, 0.1) is 5.52 Å². The highest BCUT2D eigenvalue weighted by Gasteiger charge is 2.04. The van der Waals surface area contributed by atoms with Crippen molar-refractivity contribution in [2.75, 3.05) is 11.9 Å². The van der Waals surface area contributed by atoms with Gasteiger partial charge in [0, 0.05) is 23.3 Å². The number of benzene rings is 1. The van der Waals surface area contributed by atoms with E-state index < -0.39 is 0 Å². The molecule has 0 aliphatic rings. The lowest BCUT2D eigenvalue weighted by molar-refractivity contribution is 0.717. The highest BCUT2D eigenvalue weighted by Crippen LogP contribution is 2.21. The van der Waals surface area contributed by atoms with Crippen molar-refractivity contribution < 1.29 is 0 Å². The molecular formula is C13H17N3. The van der Waals surface area contributed by atoms with Crippen LogP contribution in [-0.4, -0.2) is 17.6 Å². The molecule has 1 heterocycles. The first-order valence-corrected chi connectivity index (χ1v) is 5.61. The van der Waals surface area contributed by atoms with E-state index in [2.05, 4.69) is 23.3 Å². The second kappa shape index (κ2) is 4.94. The van der Waals surface area contributed by atoms with Crippen molar-refractivity contribution in [3.63, 3.8) is 0 Å². The van der Waals surface area contributed by atoms with Gasteiger partial charge in [-0.05, 0) is 32.0 Å². The maximum atomic E-state index is 5.54. The van der Waals surface area contributed by atoms with Crippen molar-refractivity contribution >= 4 is 16.6 Å². The summed E-state index contributed by atoms with van der Waals surface area (Å²) in [5.41, 5.74) is 7.70. The molecule has 16 heavy (non-hydrogen) atoms. The zero-order valence-electron chi connectivity index (χ0n) is 9.48. The normalized spacial score (nSPS) is 12.6. The maximum absolute atomic E-state index is 5.54. The van der Waals surface area contributed by atoms with Gasteiger partial charge in [0.1, 0.15) is 0 Å². The van der Waals surface area contributed by atoms with Crippen LogP contribution in [0.1, 0.15) is 13.3 Å². The number of pyridine rings is 1. The standard InChI is InChI=1S/C13H17N3/c1-10(6-8-14)16-13-7-9-15-12-5-3-2-4-11(12)13/h2-5,7,9-10H,6,8,14H2,1H3,(H,15,16). The van der Waals surface area contributed by atoms with Gasteiger partial charge in [0.15, 0.2) is 0 Å². The van der Waals surface area contributed by atoms with Crippen molar-refractivity contribution in [1.82, 2.24) is 4.98 Å². The second-order valence-electron chi connectivity index (χ2n) is 4.00. The van der Waals surface area contributed by atoms with Gasteiger partial charge in [-0.1, -0.05) is 18.2 Å². The second-order valence-corrected chi connectivity index (χ2v) is 4.00. The number of nitrogens with zero attached hydrogens (tertiary/aromatic N) is 1. The molecule has 3 N–H and O–H groups in total. The Labute approximate surface area is 95.7 Å². The van der Waals surface area contributed by atoms with E-state index in [9.17, 15) is 0 Å². The Kier molecular flexibility index (Phi) is 3.37. The minimum Gasteiger partial charge on any atom is -0.382 e. The van der Waals surface area contributed by atoms with E-state index in [4.69, 9.17) is 5.73 Å². The molecular weight excluding hydrogens is 198 g/mol. The lowest BCUT2D eigenvalue weighted by Gasteiger charge is -2.15. The Morgan fingerprint density at radius 3 is 2.94 bits per heavy atom. The van der Waals surface area contributed by atoms with Gasteiger partial charge < -0.3 is 11.1 Å². The molecule has 0 saturated heterocycles. The molecule has 1 aromatic heterocycles. The number of hydrogen-bond donors (Lipinski definition) is 2. The fourth-order valence-corrected chi connectivity index (χ4v) is 1.81. The summed E-state index contributed by atoms with van der Waals surface area (Å²) in [6.45, 7) is 2.85. The minimum atomic E-state index is 0.385. The molecule has 2 aromatic rings. The average molecular weight is 215 g/mol. The van der Waals surface area contributed by atoms with Crippen molar-refractivity contribution in [3.8, 4) is 0 Å². The summed E-state index contributed by atoms with van der Waals surface area (Å²) in [6, 6.07) is 10.5. The summed E-state index contributed by atoms with van der Waals surface area (Å²) in [4.78, 5) is 4.33. The maximum Gasteiger partial charge on any atom is 0.0722 e. The monoisotopic (exact) mass is 215 g/mol. The van der Waals surface area contributed by atoms with E-state index in [1.54, 1.807) is 0 Å². The molecule has 0 bridgehead atoms. The van der Waals surface area contributed by atoms with Gasteiger partial charge in [-0.25, -0.2) is 0 Å². The van der Waals surface area contributed by atoms with Gasteiger partial charge in [-0.15, -0.1) is 0 Å². The number of rotatable bonds is 4. The van der Waals surface area contributed by atoms with E-state index in [1.807, 2.05) is 30.5 Å². The van der Waals surface area contributed by atoms with Crippen LogP contribution in [0.5, 0.6) is 0 Å². The first-order chi connectivity index (χ1) is 7.81. The van der Waals surface area contributed by atoms with E-state index in [1.165, 1.54) is 0 Å². The van der Waals surface area contributed by atoms with Crippen molar-refractivity contribution in [1.29, 1.82) is 0 Å². The molecule has 0 saturated carbocycles. The molecule has 0 radical (unpaired) electrons. The summed E-state index contributed by atoms with van der Waals surface area (Å²) in [5, 5.41) is 4.63. The van der Waals surface area contributed by atoms with Gasteiger partial charge in [-0.2, -0.15) is 0 Å². The predicted octanol–water partition coefficient (Wildman–Crippen LogP) is 2.38. The smallest absolute Gasteiger partial charge is 0.0722 e. The Hall–Kier alpha value is -1.61. The minimum absolute atomic E-state index is 0.385. The summed E-state index contributed by atoms with van der Waals surface area (Å²) in [5.74, 6) is 0. The predicted molar refractivity (Wildman–Crippen MR) is 68.5 cm³/mol. The number of hydrogen-bond acceptors (Lipinski definition) is 3. The topological polar surface area (TPSA) is 50.9 Å². The van der Waals surface area contributed by atoms with Crippen LogP contribution in [0.2, 0.25) is 0 Å². The van der Waals surface area contributed by atoms with Crippen LogP contribution < -0.4 is 11.1 Å². The summed E-state index contributed by atoms with van der Waals surface area (Å²) < 4.78 is 0. The molecule has 3 nitrogen and oxygen atoms in total. The lowest BCUT2D eigenvalue weighted by atomic mass is 10.1. The number of nitrogens with two attached hydrogens (primary N) is 1. The fraction of sp³-hybridized carbons (Fsp3) is 0.308. The number of aromatic nitrogens is 1. The van der Waals surface area contributed by atoms with Crippen molar-refractivity contribution in [3.05, 3.63) is 36.5 Å². The molecule has 2 rings (SSSR count). The van der Waals surface area contributed by atoms with Crippen LogP contribution >= 0.6 is 0 Å². The molecule has 84 valence electrons. The largest absolute Gasteiger partial charge is 0.382 e. The van der Waals surface area contributed by atoms with E-state index >= 15 is 0 Å². The molecule has 1 unspecified atom stereocenters. The molecule has 1 atom stereocenters. The third-order valence-electron chi connectivity index (χ3n) is 2.65. The van der Waals surface area contributed by atoms with Gasteiger partial charge in [0.25, 0.3) is 0 Å². The molecule has 0 aliphatic heterocycles. The van der Waals surface area contributed by atoms with Crippen LogP contribution in [0.25, 0.3) is 10.9 Å². The average Bonchev–Trinajstić information content (AvgIpc) is 2.30. The van der Waals surface area contributed by atoms with Crippen molar-refractivity contribution in [2.45, 2.75) is 19.4 Å². The first kappa shape index (κ1) is 10.9. The summed E-state index contributed by atoms with van der Waals surface area (Å²) in [6.07, 6.45) is 2.80. The van der Waals surface area contributed by atoms with Gasteiger partial charge in [0.2, 0.25) is 0 Å². The Morgan fingerprint density at radius 1 is 1.31 bits per heavy atom. The molecule has 0 fully saturated rings. The number of fused-ring (bicyclic) bond motifs is 1. The number of para-hydroxylation sites is 1. The molecule has 1 aromatic carbocycles. The van der Waals surface area contributed by atoms with Crippen LogP contribution in [0, 0.1) is 0 Å². The third kappa shape index (κ3) is 2.31. The highest BCUT2D eigenvalue weighted by atomic mass is 14.9. The lowest BCUT2D eigenvalue weighted by Crippen LogP contribution is -2.19. The molecule has 3 heteroatoms. The Morgan fingerprint density at radius 2 is 2.12 bits per heavy atom. The van der Waals surface area contributed by atoms with E-state index in [0.717, 1.165) is 23.0 Å². The van der Waals surface area contributed by atoms with Crippen LogP contribution in [-0.2, 0) is 0 Å². The van der Waals surface area contributed by atoms with Gasteiger partial charge in [-0.3, -0.25) is 4.98 Å². The SMILES string of the molecule is CC(CCN)Nc1ccnc2ccccc12. The summed E-state index contributed by atoms with van der Waals surface area (Å²) >= 11 is 0. The van der Waals surface area contributed by atoms with Gasteiger partial charge >= 0.3 is 0 Å².